The van der Waals surface area contributed by atoms with Crippen molar-refractivity contribution in [1.82, 2.24) is 15.2 Å². The SMILES string of the molecule is CCOC(=O)Nc1nnc(SC(C)C(=O)Nc2nc(-c3ccc(F)cc3)cs2)s1. The van der Waals surface area contributed by atoms with Crippen molar-refractivity contribution in [1.29, 1.82) is 0 Å². The van der Waals surface area contributed by atoms with Crippen LogP contribution < -0.4 is 10.6 Å². The van der Waals surface area contributed by atoms with Gasteiger partial charge in [-0.2, -0.15) is 0 Å². The van der Waals surface area contributed by atoms with Crippen LogP contribution in [-0.4, -0.2) is 39.0 Å². The summed E-state index contributed by atoms with van der Waals surface area (Å²) in [5, 5.41) is 15.1. The molecule has 3 aromatic rings. The van der Waals surface area contributed by atoms with E-state index in [0.29, 0.717) is 20.3 Å². The van der Waals surface area contributed by atoms with Crippen molar-refractivity contribution in [2.24, 2.45) is 0 Å². The standard InChI is InChI=1S/C17H16FN5O3S3/c1-3-26-16(25)21-15-22-23-17(29-15)28-9(2)13(24)20-14-19-12(8-27-14)10-4-6-11(18)7-5-10/h4-9H,3H2,1-2H3,(H,19,20,24)(H,21,22,25). The highest BCUT2D eigenvalue weighted by molar-refractivity contribution is 8.02. The second kappa shape index (κ2) is 9.76. The summed E-state index contributed by atoms with van der Waals surface area (Å²) >= 11 is 3.64. The Morgan fingerprint density at radius 2 is 1.97 bits per heavy atom. The molecule has 152 valence electrons. The largest absolute Gasteiger partial charge is 0.450 e. The van der Waals surface area contributed by atoms with Gasteiger partial charge in [0.2, 0.25) is 11.0 Å². The summed E-state index contributed by atoms with van der Waals surface area (Å²) < 4.78 is 18.3. The number of rotatable bonds is 7. The first-order valence-corrected chi connectivity index (χ1v) is 11.0. The van der Waals surface area contributed by atoms with E-state index >= 15 is 0 Å². The number of halogens is 1. The number of thiazole rings is 1. The molecular formula is C17H16FN5O3S3. The lowest BCUT2D eigenvalue weighted by Crippen LogP contribution is -2.22. The predicted molar refractivity (Wildman–Crippen MR) is 112 cm³/mol. The van der Waals surface area contributed by atoms with Gasteiger partial charge in [-0.05, 0) is 38.1 Å². The van der Waals surface area contributed by atoms with Gasteiger partial charge in [0, 0.05) is 10.9 Å². The van der Waals surface area contributed by atoms with Crippen LogP contribution in [0.2, 0.25) is 0 Å². The third-order valence-corrected chi connectivity index (χ3v) is 6.19. The Hall–Kier alpha value is -2.57. The molecule has 2 N–H and O–H groups in total. The molecule has 12 heteroatoms. The predicted octanol–water partition coefficient (Wildman–Crippen LogP) is 4.49. The Balaban J connectivity index is 1.55. The zero-order chi connectivity index (χ0) is 20.8. The van der Waals surface area contributed by atoms with E-state index in [1.165, 1.54) is 35.2 Å². The zero-order valence-corrected chi connectivity index (χ0v) is 17.8. The summed E-state index contributed by atoms with van der Waals surface area (Å²) in [6.45, 7) is 3.68. The lowest BCUT2D eigenvalue weighted by atomic mass is 10.2. The van der Waals surface area contributed by atoms with Crippen LogP contribution in [0.15, 0.2) is 34.0 Å². The number of ether oxygens (including phenoxy) is 1. The van der Waals surface area contributed by atoms with Crippen molar-refractivity contribution in [3.8, 4) is 11.3 Å². The molecule has 0 fully saturated rings. The number of nitrogens with one attached hydrogen (secondary N) is 2. The fraction of sp³-hybridized carbons (Fsp3) is 0.235. The van der Waals surface area contributed by atoms with Crippen LogP contribution >= 0.6 is 34.4 Å². The number of carbonyl (C=O) groups is 2. The van der Waals surface area contributed by atoms with Gasteiger partial charge in [-0.1, -0.05) is 23.1 Å². The fourth-order valence-electron chi connectivity index (χ4n) is 2.06. The Bertz CT molecular complexity index is 992. The minimum Gasteiger partial charge on any atom is -0.450 e. The van der Waals surface area contributed by atoms with E-state index in [-0.39, 0.29) is 18.3 Å². The van der Waals surface area contributed by atoms with E-state index in [0.717, 1.165) is 16.9 Å². The topological polar surface area (TPSA) is 106 Å². The molecule has 0 aliphatic heterocycles. The maximum Gasteiger partial charge on any atom is 0.413 e. The monoisotopic (exact) mass is 453 g/mol. The van der Waals surface area contributed by atoms with Crippen LogP contribution in [-0.2, 0) is 9.53 Å². The first kappa shape index (κ1) is 21.1. The fourth-order valence-corrected chi connectivity index (χ4v) is 4.66. The van der Waals surface area contributed by atoms with Gasteiger partial charge in [-0.25, -0.2) is 14.2 Å². The first-order valence-electron chi connectivity index (χ1n) is 8.41. The van der Waals surface area contributed by atoms with E-state index in [1.54, 1.807) is 31.4 Å². The third-order valence-electron chi connectivity index (χ3n) is 3.41. The number of amides is 2. The van der Waals surface area contributed by atoms with Crippen molar-refractivity contribution < 1.29 is 18.7 Å². The number of hydrogen-bond donors (Lipinski definition) is 2. The van der Waals surface area contributed by atoms with Crippen molar-refractivity contribution in [3.63, 3.8) is 0 Å². The van der Waals surface area contributed by atoms with Gasteiger partial charge in [-0.3, -0.25) is 10.1 Å². The second-order valence-electron chi connectivity index (χ2n) is 5.51. The molecule has 3 rings (SSSR count). The quantitative estimate of drug-likeness (QED) is 0.401. The maximum absolute atomic E-state index is 13.0. The molecule has 1 atom stereocenters. The van der Waals surface area contributed by atoms with Gasteiger partial charge in [0.15, 0.2) is 9.47 Å². The number of carbonyl (C=O) groups excluding carboxylic acids is 2. The van der Waals surface area contributed by atoms with Gasteiger partial charge >= 0.3 is 6.09 Å². The molecule has 2 amide bonds. The molecule has 0 saturated heterocycles. The van der Waals surface area contributed by atoms with E-state index in [1.807, 2.05) is 0 Å². The van der Waals surface area contributed by atoms with E-state index in [2.05, 4.69) is 25.8 Å². The van der Waals surface area contributed by atoms with Crippen LogP contribution in [0.5, 0.6) is 0 Å². The molecule has 0 spiro atoms. The number of aromatic nitrogens is 3. The molecule has 1 aromatic carbocycles. The third kappa shape index (κ3) is 5.95. The molecule has 0 saturated carbocycles. The molecule has 2 heterocycles. The number of anilines is 2. The molecule has 1 unspecified atom stereocenters. The average Bonchev–Trinajstić information content (AvgIpc) is 3.32. The molecule has 8 nitrogen and oxygen atoms in total. The van der Waals surface area contributed by atoms with Crippen molar-refractivity contribution in [2.75, 3.05) is 17.2 Å². The van der Waals surface area contributed by atoms with Crippen LogP contribution in [0.1, 0.15) is 13.8 Å². The Kier molecular flexibility index (Phi) is 7.12. The highest BCUT2D eigenvalue weighted by Crippen LogP contribution is 2.30. The van der Waals surface area contributed by atoms with Gasteiger partial charge < -0.3 is 10.1 Å². The lowest BCUT2D eigenvalue weighted by molar-refractivity contribution is -0.115. The van der Waals surface area contributed by atoms with E-state index in [9.17, 15) is 14.0 Å². The number of thioether (sulfide) groups is 1. The maximum atomic E-state index is 13.0. The van der Waals surface area contributed by atoms with Crippen LogP contribution in [0, 0.1) is 5.82 Å². The van der Waals surface area contributed by atoms with E-state index < -0.39 is 11.3 Å². The summed E-state index contributed by atoms with van der Waals surface area (Å²) in [6.07, 6.45) is -0.605. The van der Waals surface area contributed by atoms with Crippen LogP contribution in [0.4, 0.5) is 19.4 Å². The highest BCUT2D eigenvalue weighted by atomic mass is 32.2. The molecule has 0 aliphatic rings. The second-order valence-corrected chi connectivity index (χ2v) is 8.94. The molecule has 29 heavy (non-hydrogen) atoms. The van der Waals surface area contributed by atoms with Crippen molar-refractivity contribution in [2.45, 2.75) is 23.4 Å². The Morgan fingerprint density at radius 3 is 2.69 bits per heavy atom. The van der Waals surface area contributed by atoms with Gasteiger partial charge in [-0.15, -0.1) is 21.5 Å². The van der Waals surface area contributed by atoms with Crippen LogP contribution in [0.3, 0.4) is 0 Å². The van der Waals surface area contributed by atoms with Gasteiger partial charge in [0.25, 0.3) is 0 Å². The van der Waals surface area contributed by atoms with Crippen molar-refractivity contribution >= 4 is 56.7 Å². The number of nitrogens with zero attached hydrogens (tertiary/aromatic N) is 3. The summed E-state index contributed by atoms with van der Waals surface area (Å²) in [6, 6.07) is 5.98. The first-order chi connectivity index (χ1) is 13.9. The zero-order valence-electron chi connectivity index (χ0n) is 15.3. The normalized spacial score (nSPS) is 11.7. The lowest BCUT2D eigenvalue weighted by Gasteiger charge is -2.07. The summed E-state index contributed by atoms with van der Waals surface area (Å²) in [5.41, 5.74) is 1.42. The Morgan fingerprint density at radius 1 is 1.21 bits per heavy atom. The van der Waals surface area contributed by atoms with Crippen LogP contribution in [0.25, 0.3) is 11.3 Å². The summed E-state index contributed by atoms with van der Waals surface area (Å²) in [7, 11) is 0. The molecule has 0 bridgehead atoms. The average molecular weight is 454 g/mol. The molecule has 0 radical (unpaired) electrons. The summed E-state index contributed by atoms with van der Waals surface area (Å²) in [4.78, 5) is 28.2. The van der Waals surface area contributed by atoms with Gasteiger partial charge in [0.05, 0.1) is 17.6 Å². The number of hydrogen-bond acceptors (Lipinski definition) is 9. The number of benzene rings is 1. The molecular weight excluding hydrogens is 437 g/mol. The van der Waals surface area contributed by atoms with Crippen molar-refractivity contribution in [3.05, 3.63) is 35.5 Å². The minimum absolute atomic E-state index is 0.245. The minimum atomic E-state index is -0.605. The highest BCUT2D eigenvalue weighted by Gasteiger charge is 2.19. The molecule has 2 aromatic heterocycles. The summed E-state index contributed by atoms with van der Waals surface area (Å²) in [5.74, 6) is -0.564. The van der Waals surface area contributed by atoms with Gasteiger partial charge in [0.1, 0.15) is 5.82 Å². The smallest absolute Gasteiger partial charge is 0.413 e. The molecule has 0 aliphatic carbocycles. The van der Waals surface area contributed by atoms with E-state index in [4.69, 9.17) is 4.74 Å². The Labute approximate surface area is 177 Å².